The number of hydrogen-bond donors (Lipinski definition) is 0. The molecule has 0 aliphatic carbocycles. The molecule has 0 amide bonds. The zero-order chi connectivity index (χ0) is 36.9. The van der Waals surface area contributed by atoms with Gasteiger partial charge in [0.2, 0.25) is 5.95 Å². The van der Waals surface area contributed by atoms with Gasteiger partial charge in [-0.05, 0) is 71.8 Å². The van der Waals surface area contributed by atoms with E-state index in [-0.39, 0.29) is 5.56 Å². The highest BCUT2D eigenvalue weighted by Crippen LogP contribution is 2.37. The summed E-state index contributed by atoms with van der Waals surface area (Å²) in [6, 6.07) is 52.9. The van der Waals surface area contributed by atoms with Crippen molar-refractivity contribution in [1.82, 2.24) is 28.9 Å². The fourth-order valence-electron chi connectivity index (χ4n) is 7.99. The van der Waals surface area contributed by atoms with E-state index in [9.17, 15) is 4.79 Å². The Labute approximate surface area is 321 Å². The summed E-state index contributed by atoms with van der Waals surface area (Å²) in [5.74, 6) is 1.64. The third-order valence-electron chi connectivity index (χ3n) is 10.6. The van der Waals surface area contributed by atoms with Crippen molar-refractivity contribution >= 4 is 81.2 Å². The van der Waals surface area contributed by atoms with Crippen LogP contribution in [0, 0.1) is 0 Å². The van der Waals surface area contributed by atoms with E-state index in [0.717, 1.165) is 81.7 Å². The predicted molar refractivity (Wildman–Crippen MR) is 226 cm³/mol. The fourth-order valence-corrected chi connectivity index (χ4v) is 9.02. The summed E-state index contributed by atoms with van der Waals surface area (Å²) >= 11 is 1.52. The number of fused-ring (bicyclic) bond motifs is 10. The SMILES string of the molecule is O=c1c2ccccc2sc2nc3ccc(-c4ccc5c(c4)c4ccccc4n5-c4nc(-c5ccccc5)nc(-c5ccc6c(c5)oc5ccccc56)n4)cc3n12. The second-order valence-corrected chi connectivity index (χ2v) is 14.9. The van der Waals surface area contributed by atoms with Gasteiger partial charge in [-0.3, -0.25) is 9.36 Å². The summed E-state index contributed by atoms with van der Waals surface area (Å²) in [7, 11) is 0. The van der Waals surface area contributed by atoms with E-state index < -0.39 is 0 Å². The first kappa shape index (κ1) is 30.9. The molecule has 0 saturated carbocycles. The third-order valence-corrected chi connectivity index (χ3v) is 11.7. The topological polar surface area (TPSA) is 91.1 Å². The molecule has 7 aromatic carbocycles. The first-order valence-corrected chi connectivity index (χ1v) is 19.1. The molecular formula is C47H26N6O2S. The Balaban J connectivity index is 1.05. The third kappa shape index (κ3) is 4.61. The van der Waals surface area contributed by atoms with Crippen LogP contribution in [0.25, 0.3) is 110 Å². The van der Waals surface area contributed by atoms with Crippen LogP contribution in [0.1, 0.15) is 0 Å². The largest absolute Gasteiger partial charge is 0.456 e. The molecule has 0 N–H and O–H groups in total. The van der Waals surface area contributed by atoms with Gasteiger partial charge in [-0.25, -0.2) is 14.4 Å². The molecule has 0 aliphatic rings. The number of rotatable bonds is 4. The molecule has 12 aromatic rings. The lowest BCUT2D eigenvalue weighted by Crippen LogP contribution is -2.11. The van der Waals surface area contributed by atoms with Crippen LogP contribution >= 0.6 is 11.3 Å². The van der Waals surface area contributed by atoms with Crippen LogP contribution in [0.2, 0.25) is 0 Å². The van der Waals surface area contributed by atoms with Gasteiger partial charge in [-0.2, -0.15) is 9.97 Å². The van der Waals surface area contributed by atoms with E-state index in [4.69, 9.17) is 24.4 Å². The maximum atomic E-state index is 13.7. The van der Waals surface area contributed by atoms with Gasteiger partial charge < -0.3 is 4.42 Å². The zero-order valence-electron chi connectivity index (χ0n) is 29.4. The quantitative estimate of drug-likeness (QED) is 0.179. The van der Waals surface area contributed by atoms with Crippen LogP contribution in [0.4, 0.5) is 0 Å². The number of hydrogen-bond acceptors (Lipinski definition) is 7. The molecule has 5 aromatic heterocycles. The molecule has 0 saturated heterocycles. The second-order valence-electron chi connectivity index (χ2n) is 13.9. The minimum Gasteiger partial charge on any atom is -0.456 e. The van der Waals surface area contributed by atoms with E-state index in [1.165, 1.54) is 11.3 Å². The zero-order valence-corrected chi connectivity index (χ0v) is 30.2. The molecule has 0 unspecified atom stereocenters. The second kappa shape index (κ2) is 11.8. The van der Waals surface area contributed by atoms with Gasteiger partial charge >= 0.3 is 0 Å². The van der Waals surface area contributed by atoms with E-state index in [1.54, 1.807) is 4.40 Å². The molecular weight excluding hydrogens is 713 g/mol. The van der Waals surface area contributed by atoms with E-state index >= 15 is 0 Å². The smallest absolute Gasteiger partial charge is 0.266 e. The van der Waals surface area contributed by atoms with Crippen LogP contribution in [-0.4, -0.2) is 28.9 Å². The van der Waals surface area contributed by atoms with E-state index in [1.807, 2.05) is 91.0 Å². The molecule has 12 rings (SSSR count). The minimum absolute atomic E-state index is 0.0587. The van der Waals surface area contributed by atoms with E-state index in [0.29, 0.717) is 27.9 Å². The summed E-state index contributed by atoms with van der Waals surface area (Å²) in [6.07, 6.45) is 0. The van der Waals surface area contributed by atoms with E-state index in [2.05, 4.69) is 71.3 Å². The van der Waals surface area contributed by atoms with Gasteiger partial charge in [0.1, 0.15) is 11.2 Å². The lowest BCUT2D eigenvalue weighted by Gasteiger charge is -2.11. The van der Waals surface area contributed by atoms with Crippen molar-refractivity contribution < 1.29 is 4.42 Å². The number of aromatic nitrogens is 6. The molecule has 262 valence electrons. The average molecular weight is 739 g/mol. The molecule has 8 nitrogen and oxygen atoms in total. The lowest BCUT2D eigenvalue weighted by molar-refractivity contribution is 0.669. The van der Waals surface area contributed by atoms with Crippen molar-refractivity contribution in [2.45, 2.75) is 0 Å². The summed E-state index contributed by atoms with van der Waals surface area (Å²) in [5.41, 5.74) is 8.81. The maximum Gasteiger partial charge on any atom is 0.266 e. The molecule has 0 spiro atoms. The number of furan rings is 1. The number of benzene rings is 7. The van der Waals surface area contributed by atoms with Crippen molar-refractivity contribution in [2.75, 3.05) is 0 Å². The highest BCUT2D eigenvalue weighted by molar-refractivity contribution is 7.23. The van der Waals surface area contributed by atoms with Gasteiger partial charge in [-0.1, -0.05) is 108 Å². The molecule has 0 atom stereocenters. The molecule has 0 bridgehead atoms. The summed E-state index contributed by atoms with van der Waals surface area (Å²) in [5, 5.41) is 4.94. The summed E-state index contributed by atoms with van der Waals surface area (Å²) < 4.78 is 11.1. The van der Waals surface area contributed by atoms with Gasteiger partial charge in [0.15, 0.2) is 16.6 Å². The standard InChI is InChI=1S/C47H26N6O2S/c54-45-34-14-6-9-17-42(34)56-47-48-36-22-19-29(25-39(36)53(45)47)28-20-23-38-35(24-28)31-12-4-7-15-37(31)52(38)46-50-43(27-10-2-1-3-11-27)49-44(51-46)30-18-21-33-32-13-5-8-16-40(32)55-41(33)26-30/h1-26H. The van der Waals surface area contributed by atoms with Crippen LogP contribution in [0.3, 0.4) is 0 Å². The van der Waals surface area contributed by atoms with Crippen LogP contribution in [0.5, 0.6) is 0 Å². The fraction of sp³-hybridized carbons (Fsp3) is 0. The van der Waals surface area contributed by atoms with Gasteiger partial charge in [0, 0.05) is 37.4 Å². The Morgan fingerprint density at radius 2 is 1.14 bits per heavy atom. The highest BCUT2D eigenvalue weighted by atomic mass is 32.1. The summed E-state index contributed by atoms with van der Waals surface area (Å²) in [4.78, 5) is 34.5. The van der Waals surface area contributed by atoms with Crippen molar-refractivity contribution in [1.29, 1.82) is 0 Å². The van der Waals surface area contributed by atoms with Crippen LogP contribution in [0.15, 0.2) is 167 Å². The van der Waals surface area contributed by atoms with Crippen LogP contribution < -0.4 is 5.56 Å². The van der Waals surface area contributed by atoms with Crippen LogP contribution in [-0.2, 0) is 0 Å². The van der Waals surface area contributed by atoms with Gasteiger partial charge in [-0.15, -0.1) is 0 Å². The molecule has 0 aliphatic heterocycles. The number of nitrogens with zero attached hydrogens (tertiary/aromatic N) is 6. The van der Waals surface area contributed by atoms with Gasteiger partial charge in [0.25, 0.3) is 5.56 Å². The molecule has 0 fully saturated rings. The Hall–Kier alpha value is -7.49. The summed E-state index contributed by atoms with van der Waals surface area (Å²) in [6.45, 7) is 0. The maximum absolute atomic E-state index is 13.7. The average Bonchev–Trinajstić information content (AvgIpc) is 3.92. The predicted octanol–water partition coefficient (Wildman–Crippen LogP) is 11.2. The Morgan fingerprint density at radius 1 is 0.464 bits per heavy atom. The Kier molecular flexibility index (Phi) is 6.49. The van der Waals surface area contributed by atoms with Crippen molar-refractivity contribution in [3.8, 4) is 39.9 Å². The molecule has 5 heterocycles. The first-order chi connectivity index (χ1) is 27.6. The Bertz CT molecular complexity index is 3640. The minimum atomic E-state index is -0.0587. The van der Waals surface area contributed by atoms with Crippen molar-refractivity contribution in [3.05, 3.63) is 168 Å². The Morgan fingerprint density at radius 3 is 2.04 bits per heavy atom. The van der Waals surface area contributed by atoms with Crippen molar-refractivity contribution in [2.24, 2.45) is 0 Å². The normalized spacial score (nSPS) is 12.0. The van der Waals surface area contributed by atoms with Gasteiger partial charge in [0.05, 0.1) is 27.5 Å². The monoisotopic (exact) mass is 738 g/mol. The van der Waals surface area contributed by atoms with Crippen molar-refractivity contribution in [3.63, 3.8) is 0 Å². The number of para-hydroxylation sites is 2. The number of imidazole rings is 1. The molecule has 9 heteroatoms. The lowest BCUT2D eigenvalue weighted by atomic mass is 10.0. The highest BCUT2D eigenvalue weighted by Gasteiger charge is 2.20. The molecule has 0 radical (unpaired) electrons. The molecule has 56 heavy (non-hydrogen) atoms. The first-order valence-electron chi connectivity index (χ1n) is 18.3.